The molecule has 0 N–H and O–H groups in total. The van der Waals surface area contributed by atoms with Gasteiger partial charge in [-0.25, -0.2) is 0 Å². The second kappa shape index (κ2) is 4.58. The monoisotopic (exact) mass is 214 g/mol. The molecule has 0 saturated heterocycles. The van der Waals surface area contributed by atoms with Crippen LogP contribution in [0.2, 0.25) is 0 Å². The van der Waals surface area contributed by atoms with Gasteiger partial charge in [-0.15, -0.1) is 23.1 Å². The predicted molar refractivity (Wildman–Crippen MR) is 55.5 cm³/mol. The highest BCUT2D eigenvalue weighted by molar-refractivity contribution is 8.00. The van der Waals surface area contributed by atoms with Crippen LogP contribution in [0.4, 0.5) is 0 Å². The smallest absolute Gasteiger partial charge is 0.208 e. The van der Waals surface area contributed by atoms with Crippen molar-refractivity contribution in [1.29, 1.82) is 0 Å². The molecule has 1 aromatic heterocycles. The van der Waals surface area contributed by atoms with Crippen LogP contribution < -0.4 is 0 Å². The van der Waals surface area contributed by atoms with Gasteiger partial charge in [0.2, 0.25) is 5.78 Å². The summed E-state index contributed by atoms with van der Waals surface area (Å²) in [7, 11) is 0. The van der Waals surface area contributed by atoms with Crippen molar-refractivity contribution in [3.8, 4) is 0 Å². The second-order valence-electron chi connectivity index (χ2n) is 2.61. The van der Waals surface area contributed by atoms with E-state index in [1.54, 1.807) is 11.3 Å². The maximum atomic E-state index is 11.0. The van der Waals surface area contributed by atoms with E-state index in [1.807, 2.05) is 18.4 Å². The van der Waals surface area contributed by atoms with Crippen molar-refractivity contribution in [3.63, 3.8) is 0 Å². The number of hydrogen-bond donors (Lipinski definition) is 0. The fourth-order valence-electron chi connectivity index (χ4n) is 0.768. The minimum absolute atomic E-state index is 0.257. The second-order valence-corrected chi connectivity index (χ2v) is 4.75. The molecule has 0 aliphatic rings. The molecule has 2 nitrogen and oxygen atoms in total. The van der Waals surface area contributed by atoms with E-state index in [0.717, 1.165) is 4.90 Å². The molecule has 0 aliphatic carbocycles. The number of rotatable bonds is 4. The Bertz CT molecular complexity index is 328. The van der Waals surface area contributed by atoms with Crippen molar-refractivity contribution >= 4 is 34.7 Å². The van der Waals surface area contributed by atoms with Crippen LogP contribution in [0.3, 0.4) is 0 Å². The molecule has 0 aromatic carbocycles. The highest BCUT2D eigenvalue weighted by Crippen LogP contribution is 2.26. The maximum absolute atomic E-state index is 11.0. The van der Waals surface area contributed by atoms with Gasteiger partial charge in [-0.1, -0.05) is 0 Å². The average Bonchev–Trinajstić information content (AvgIpc) is 2.47. The first-order chi connectivity index (χ1) is 6.11. The Labute approximate surface area is 85.3 Å². The largest absolute Gasteiger partial charge is 0.291 e. The zero-order valence-electron chi connectivity index (χ0n) is 7.49. The highest BCUT2D eigenvalue weighted by Gasteiger charge is 2.09. The lowest BCUT2D eigenvalue weighted by Crippen LogP contribution is -2.11. The number of thioether (sulfide) groups is 1. The van der Waals surface area contributed by atoms with Crippen LogP contribution in [0.15, 0.2) is 16.3 Å². The van der Waals surface area contributed by atoms with Gasteiger partial charge in [0.25, 0.3) is 0 Å². The highest BCUT2D eigenvalue weighted by atomic mass is 32.2. The molecule has 0 spiro atoms. The SMILES string of the molecule is CC(=O)C(=O)CSc1ccsc1C. The number of thiophene rings is 1. The number of Topliss-reactive ketones (excluding diaryl/α,β-unsaturated/α-hetero) is 2. The molecular weight excluding hydrogens is 204 g/mol. The molecule has 0 fully saturated rings. The van der Waals surface area contributed by atoms with Gasteiger partial charge in [0, 0.05) is 16.7 Å². The summed E-state index contributed by atoms with van der Waals surface area (Å²) >= 11 is 3.08. The lowest BCUT2D eigenvalue weighted by molar-refractivity contribution is -0.133. The van der Waals surface area contributed by atoms with Crippen LogP contribution >= 0.6 is 23.1 Å². The molecule has 0 amide bonds. The van der Waals surface area contributed by atoms with Crippen LogP contribution in [-0.4, -0.2) is 17.3 Å². The van der Waals surface area contributed by atoms with Gasteiger partial charge in [-0.2, -0.15) is 0 Å². The molecular formula is C9H10O2S2. The molecule has 0 radical (unpaired) electrons. The third-order valence-corrected chi connectivity index (χ3v) is 3.70. The topological polar surface area (TPSA) is 34.1 Å². The van der Waals surface area contributed by atoms with Gasteiger partial charge in [-0.3, -0.25) is 9.59 Å². The van der Waals surface area contributed by atoms with Gasteiger partial charge in [-0.05, 0) is 18.4 Å². The number of carbonyl (C=O) groups is 2. The summed E-state index contributed by atoms with van der Waals surface area (Å²) < 4.78 is 0. The molecule has 4 heteroatoms. The van der Waals surface area contributed by atoms with Gasteiger partial charge in [0.1, 0.15) is 0 Å². The molecule has 13 heavy (non-hydrogen) atoms. The zero-order chi connectivity index (χ0) is 9.84. The Hall–Kier alpha value is -0.610. The number of carbonyl (C=O) groups excluding carboxylic acids is 2. The molecule has 0 aliphatic heterocycles. The van der Waals surface area contributed by atoms with Crippen LogP contribution in [-0.2, 0) is 9.59 Å². The summed E-state index contributed by atoms with van der Waals surface area (Å²) in [5.41, 5.74) is 0. The quantitative estimate of drug-likeness (QED) is 0.569. The fraction of sp³-hybridized carbons (Fsp3) is 0.333. The van der Waals surface area contributed by atoms with Crippen molar-refractivity contribution in [2.75, 3.05) is 5.75 Å². The Morgan fingerprint density at radius 3 is 2.69 bits per heavy atom. The van der Waals surface area contributed by atoms with Crippen LogP contribution in [0.5, 0.6) is 0 Å². The van der Waals surface area contributed by atoms with Gasteiger partial charge < -0.3 is 0 Å². The zero-order valence-corrected chi connectivity index (χ0v) is 9.13. The van der Waals surface area contributed by atoms with Crippen LogP contribution in [0.1, 0.15) is 11.8 Å². The Morgan fingerprint density at radius 2 is 2.23 bits per heavy atom. The van der Waals surface area contributed by atoms with E-state index in [2.05, 4.69) is 0 Å². The van der Waals surface area contributed by atoms with E-state index >= 15 is 0 Å². The van der Waals surface area contributed by atoms with Gasteiger partial charge in [0.05, 0.1) is 5.75 Å². The molecule has 1 heterocycles. The Morgan fingerprint density at radius 1 is 1.54 bits per heavy atom. The normalized spacial score (nSPS) is 10.0. The van der Waals surface area contributed by atoms with Gasteiger partial charge in [0.15, 0.2) is 5.78 Å². The Balaban J connectivity index is 2.48. The lowest BCUT2D eigenvalue weighted by atomic mass is 10.3. The predicted octanol–water partition coefficient (Wildman–Crippen LogP) is 2.31. The van der Waals surface area contributed by atoms with E-state index in [0.29, 0.717) is 0 Å². The van der Waals surface area contributed by atoms with Crippen molar-refractivity contribution < 1.29 is 9.59 Å². The molecule has 0 saturated carbocycles. The minimum atomic E-state index is -0.361. The Kier molecular flexibility index (Phi) is 3.69. The maximum Gasteiger partial charge on any atom is 0.208 e. The first-order valence-electron chi connectivity index (χ1n) is 3.82. The summed E-state index contributed by atoms with van der Waals surface area (Å²) in [4.78, 5) is 23.9. The van der Waals surface area contributed by atoms with E-state index in [9.17, 15) is 9.59 Å². The summed E-state index contributed by atoms with van der Waals surface area (Å²) in [6.07, 6.45) is 0. The molecule has 0 bridgehead atoms. The van der Waals surface area contributed by atoms with E-state index in [1.165, 1.54) is 23.6 Å². The van der Waals surface area contributed by atoms with E-state index in [4.69, 9.17) is 0 Å². The molecule has 0 atom stereocenters. The van der Waals surface area contributed by atoms with Crippen LogP contribution in [0, 0.1) is 6.92 Å². The minimum Gasteiger partial charge on any atom is -0.291 e. The van der Waals surface area contributed by atoms with Crippen molar-refractivity contribution in [3.05, 3.63) is 16.3 Å². The summed E-state index contributed by atoms with van der Waals surface area (Å²) in [5, 5.41) is 1.98. The molecule has 1 aromatic rings. The van der Waals surface area contributed by atoms with Crippen molar-refractivity contribution in [2.45, 2.75) is 18.7 Å². The van der Waals surface area contributed by atoms with Gasteiger partial charge >= 0.3 is 0 Å². The average molecular weight is 214 g/mol. The first kappa shape index (κ1) is 10.5. The standard InChI is InChI=1S/C9H10O2S2/c1-6(10)8(11)5-13-9-3-4-12-7(9)2/h3-4H,5H2,1-2H3. The third kappa shape index (κ3) is 2.97. The number of ketones is 2. The first-order valence-corrected chi connectivity index (χ1v) is 5.68. The molecule has 0 unspecified atom stereocenters. The third-order valence-electron chi connectivity index (χ3n) is 1.56. The van der Waals surface area contributed by atoms with Crippen LogP contribution in [0.25, 0.3) is 0 Å². The van der Waals surface area contributed by atoms with E-state index < -0.39 is 0 Å². The number of hydrogen-bond acceptors (Lipinski definition) is 4. The van der Waals surface area contributed by atoms with E-state index in [-0.39, 0.29) is 17.3 Å². The summed E-state index contributed by atoms with van der Waals surface area (Å²) in [6.45, 7) is 3.31. The summed E-state index contributed by atoms with van der Waals surface area (Å²) in [5.74, 6) is -0.414. The lowest BCUT2D eigenvalue weighted by Gasteiger charge is -1.96. The fourth-order valence-corrected chi connectivity index (χ4v) is 2.63. The van der Waals surface area contributed by atoms with Crippen molar-refractivity contribution in [2.24, 2.45) is 0 Å². The molecule has 70 valence electrons. The summed E-state index contributed by atoms with van der Waals surface area (Å²) in [6, 6.07) is 1.97. The van der Waals surface area contributed by atoms with Crippen molar-refractivity contribution in [1.82, 2.24) is 0 Å². The number of aryl methyl sites for hydroxylation is 1. The molecule has 1 rings (SSSR count).